The van der Waals surface area contributed by atoms with Gasteiger partial charge in [-0.1, -0.05) is 20.8 Å². The van der Waals surface area contributed by atoms with Gasteiger partial charge in [0.1, 0.15) is 9.84 Å². The normalized spacial score (nSPS) is 29.7. The van der Waals surface area contributed by atoms with E-state index in [1.807, 2.05) is 6.92 Å². The van der Waals surface area contributed by atoms with Crippen LogP contribution in [0.1, 0.15) is 46.5 Å². The minimum absolute atomic E-state index is 0.352. The number of sulfone groups is 1. The highest BCUT2D eigenvalue weighted by Gasteiger charge is 2.32. The maximum Gasteiger partial charge on any atom is 0.150 e. The van der Waals surface area contributed by atoms with Crippen molar-refractivity contribution < 1.29 is 8.42 Å². The molecule has 0 aromatic rings. The van der Waals surface area contributed by atoms with Crippen LogP contribution in [0, 0.1) is 11.8 Å². The van der Waals surface area contributed by atoms with E-state index in [1.54, 1.807) is 0 Å². The molecule has 1 fully saturated rings. The minimum Gasteiger partial charge on any atom is -0.314 e. The third kappa shape index (κ3) is 4.59. The molecule has 4 heteroatoms. The lowest BCUT2D eigenvalue weighted by Crippen LogP contribution is -2.32. The van der Waals surface area contributed by atoms with Gasteiger partial charge in [-0.15, -0.1) is 0 Å². The summed E-state index contributed by atoms with van der Waals surface area (Å²) in [4.78, 5) is 0. The van der Waals surface area contributed by atoms with Crippen molar-refractivity contribution in [1.82, 2.24) is 5.32 Å². The Morgan fingerprint density at radius 3 is 2.47 bits per heavy atom. The molecule has 0 saturated heterocycles. The van der Waals surface area contributed by atoms with Crippen molar-refractivity contribution in [1.29, 1.82) is 0 Å². The lowest BCUT2D eigenvalue weighted by Gasteiger charge is -2.21. The molecule has 0 aliphatic heterocycles. The summed E-state index contributed by atoms with van der Waals surface area (Å²) in [5.41, 5.74) is 0. The van der Waals surface area contributed by atoms with Gasteiger partial charge in [-0.2, -0.15) is 0 Å². The Morgan fingerprint density at radius 1 is 1.18 bits per heavy atom. The number of rotatable bonds is 7. The first kappa shape index (κ1) is 15.0. The van der Waals surface area contributed by atoms with Crippen molar-refractivity contribution in [3.63, 3.8) is 0 Å². The van der Waals surface area contributed by atoms with Gasteiger partial charge >= 0.3 is 0 Å². The van der Waals surface area contributed by atoms with E-state index in [9.17, 15) is 8.42 Å². The van der Waals surface area contributed by atoms with E-state index >= 15 is 0 Å². The van der Waals surface area contributed by atoms with E-state index < -0.39 is 9.84 Å². The van der Waals surface area contributed by atoms with Gasteiger partial charge in [0, 0.05) is 11.8 Å². The first-order valence-corrected chi connectivity index (χ1v) is 8.76. The second kappa shape index (κ2) is 6.74. The molecule has 1 rings (SSSR count). The van der Waals surface area contributed by atoms with Gasteiger partial charge in [0.2, 0.25) is 0 Å². The molecule has 1 N–H and O–H groups in total. The monoisotopic (exact) mass is 261 g/mol. The number of nitrogens with one attached hydrogen (secondary N) is 1. The summed E-state index contributed by atoms with van der Waals surface area (Å²) in [5, 5.41) is 3.50. The molecule has 17 heavy (non-hydrogen) atoms. The molecule has 102 valence electrons. The van der Waals surface area contributed by atoms with Gasteiger partial charge in [-0.25, -0.2) is 8.42 Å². The van der Waals surface area contributed by atoms with Gasteiger partial charge in [0.05, 0.1) is 5.75 Å². The smallest absolute Gasteiger partial charge is 0.150 e. The van der Waals surface area contributed by atoms with Gasteiger partial charge in [-0.05, 0) is 44.1 Å². The van der Waals surface area contributed by atoms with Crippen LogP contribution in [-0.2, 0) is 9.84 Å². The maximum atomic E-state index is 11.7. The van der Waals surface area contributed by atoms with E-state index in [0.29, 0.717) is 29.4 Å². The van der Waals surface area contributed by atoms with Crippen LogP contribution in [0.15, 0.2) is 0 Å². The molecule has 0 amide bonds. The van der Waals surface area contributed by atoms with Gasteiger partial charge in [0.25, 0.3) is 0 Å². The fourth-order valence-corrected chi connectivity index (χ4v) is 4.44. The zero-order valence-electron chi connectivity index (χ0n) is 11.4. The maximum absolute atomic E-state index is 11.7. The van der Waals surface area contributed by atoms with Gasteiger partial charge in [0.15, 0.2) is 0 Å². The molecular weight excluding hydrogens is 234 g/mol. The summed E-state index contributed by atoms with van der Waals surface area (Å²) in [6.45, 7) is 7.33. The molecule has 0 bridgehead atoms. The quantitative estimate of drug-likeness (QED) is 0.764. The van der Waals surface area contributed by atoms with Crippen LogP contribution in [0.4, 0.5) is 0 Å². The van der Waals surface area contributed by atoms with Crippen molar-refractivity contribution in [2.45, 2.75) is 52.5 Å². The molecule has 0 aromatic carbocycles. The average Bonchev–Trinajstić information content (AvgIpc) is 2.59. The van der Waals surface area contributed by atoms with Crippen LogP contribution in [0.3, 0.4) is 0 Å². The van der Waals surface area contributed by atoms with E-state index in [0.717, 1.165) is 19.4 Å². The molecule has 0 aromatic heterocycles. The molecule has 0 spiro atoms. The fourth-order valence-electron chi connectivity index (χ4n) is 2.95. The Kier molecular flexibility index (Phi) is 5.93. The Balaban J connectivity index is 2.39. The van der Waals surface area contributed by atoms with Crippen molar-refractivity contribution in [3.05, 3.63) is 0 Å². The highest BCUT2D eigenvalue weighted by molar-refractivity contribution is 7.91. The van der Waals surface area contributed by atoms with E-state index in [2.05, 4.69) is 19.2 Å². The number of hydrogen-bond donors (Lipinski definition) is 1. The molecular formula is C13H27NO2S. The predicted octanol–water partition coefficient (Wildman–Crippen LogP) is 2.23. The summed E-state index contributed by atoms with van der Waals surface area (Å²) in [7, 11) is -2.79. The van der Waals surface area contributed by atoms with Crippen molar-refractivity contribution >= 4 is 9.84 Å². The summed E-state index contributed by atoms with van der Waals surface area (Å²) in [6, 6.07) is 0.596. The Morgan fingerprint density at radius 2 is 1.88 bits per heavy atom. The van der Waals surface area contributed by atoms with Crippen molar-refractivity contribution in [2.75, 3.05) is 18.1 Å². The zero-order valence-corrected chi connectivity index (χ0v) is 12.2. The average molecular weight is 261 g/mol. The molecule has 3 unspecified atom stereocenters. The standard InChI is InChI=1S/C13H27NO2S/c1-4-9-17(15,16)10-8-12-6-7-13(11(12)3)14-5-2/h11-14H,4-10H2,1-3H3. The van der Waals surface area contributed by atoms with Crippen LogP contribution in [0.5, 0.6) is 0 Å². The minimum atomic E-state index is -2.79. The molecule has 1 aliphatic carbocycles. The van der Waals surface area contributed by atoms with Gasteiger partial charge < -0.3 is 5.32 Å². The first-order valence-electron chi connectivity index (χ1n) is 6.94. The van der Waals surface area contributed by atoms with Crippen LogP contribution in [0.2, 0.25) is 0 Å². The second-order valence-corrected chi connectivity index (χ2v) is 7.60. The molecule has 3 atom stereocenters. The Labute approximate surface area is 106 Å². The zero-order chi connectivity index (χ0) is 12.9. The van der Waals surface area contributed by atoms with Crippen molar-refractivity contribution in [2.24, 2.45) is 11.8 Å². The highest BCUT2D eigenvalue weighted by Crippen LogP contribution is 2.34. The van der Waals surface area contributed by atoms with Crippen molar-refractivity contribution in [3.8, 4) is 0 Å². The lowest BCUT2D eigenvalue weighted by molar-refractivity contribution is 0.349. The second-order valence-electron chi connectivity index (χ2n) is 5.30. The van der Waals surface area contributed by atoms with E-state index in [4.69, 9.17) is 0 Å². The van der Waals surface area contributed by atoms with Gasteiger partial charge in [-0.3, -0.25) is 0 Å². The summed E-state index contributed by atoms with van der Waals surface area (Å²) < 4.78 is 23.4. The summed E-state index contributed by atoms with van der Waals surface area (Å²) in [5.74, 6) is 1.94. The summed E-state index contributed by atoms with van der Waals surface area (Å²) >= 11 is 0. The lowest BCUT2D eigenvalue weighted by atomic mass is 9.93. The van der Waals surface area contributed by atoms with Crippen LogP contribution in [-0.4, -0.2) is 32.5 Å². The molecule has 0 heterocycles. The Hall–Kier alpha value is -0.0900. The topological polar surface area (TPSA) is 46.2 Å². The molecule has 0 radical (unpaired) electrons. The van der Waals surface area contributed by atoms with E-state index in [-0.39, 0.29) is 0 Å². The van der Waals surface area contributed by atoms with E-state index in [1.165, 1.54) is 12.8 Å². The molecule has 1 aliphatic rings. The third-order valence-electron chi connectivity index (χ3n) is 4.01. The molecule has 1 saturated carbocycles. The summed E-state index contributed by atoms with van der Waals surface area (Å²) in [6.07, 6.45) is 3.97. The number of hydrogen-bond acceptors (Lipinski definition) is 3. The largest absolute Gasteiger partial charge is 0.314 e. The Bertz CT molecular complexity index is 313. The van der Waals surface area contributed by atoms with Crippen LogP contribution in [0.25, 0.3) is 0 Å². The fraction of sp³-hybridized carbons (Fsp3) is 1.00. The molecule has 3 nitrogen and oxygen atoms in total. The highest BCUT2D eigenvalue weighted by atomic mass is 32.2. The first-order chi connectivity index (χ1) is 8.00. The third-order valence-corrected chi connectivity index (χ3v) is 5.90. The van der Waals surface area contributed by atoms with Crippen LogP contribution < -0.4 is 5.32 Å². The predicted molar refractivity (Wildman–Crippen MR) is 72.9 cm³/mol. The van der Waals surface area contributed by atoms with Crippen LogP contribution >= 0.6 is 0 Å². The SMILES string of the molecule is CCCS(=O)(=O)CCC1CCC(NCC)C1C.